The van der Waals surface area contributed by atoms with Gasteiger partial charge in [0.15, 0.2) is 0 Å². The third kappa shape index (κ3) is 3.00. The lowest BCUT2D eigenvalue weighted by molar-refractivity contribution is -0.385. The van der Waals surface area contributed by atoms with Crippen molar-refractivity contribution in [3.63, 3.8) is 0 Å². The third-order valence-corrected chi connectivity index (χ3v) is 2.97. The molecule has 0 aliphatic heterocycles. The Bertz CT molecular complexity index is 724. The summed E-state index contributed by atoms with van der Waals surface area (Å²) in [6, 6.07) is 9.12. The van der Waals surface area contributed by atoms with Gasteiger partial charge in [0.05, 0.1) is 4.92 Å². The van der Waals surface area contributed by atoms with Crippen LogP contribution in [0.25, 0.3) is 0 Å². The lowest BCUT2D eigenvalue weighted by atomic mass is 10.1. The molecule has 0 aliphatic rings. The first-order valence-electron chi connectivity index (χ1n) is 6.16. The van der Waals surface area contributed by atoms with Crippen LogP contribution in [0.15, 0.2) is 36.4 Å². The van der Waals surface area contributed by atoms with Gasteiger partial charge < -0.3 is 9.84 Å². The van der Waals surface area contributed by atoms with E-state index in [1.165, 1.54) is 18.2 Å². The molecule has 0 atom stereocenters. The molecule has 6 nitrogen and oxygen atoms in total. The lowest BCUT2D eigenvalue weighted by Gasteiger charge is -2.12. The van der Waals surface area contributed by atoms with Gasteiger partial charge >= 0.3 is 11.7 Å². The zero-order valence-corrected chi connectivity index (χ0v) is 11.5. The maximum Gasteiger partial charge on any atom is 0.339 e. The van der Waals surface area contributed by atoms with Gasteiger partial charge in [-0.05, 0) is 37.1 Å². The van der Waals surface area contributed by atoms with E-state index < -0.39 is 10.9 Å². The van der Waals surface area contributed by atoms with Crippen LogP contribution < -0.4 is 4.74 Å². The first-order valence-corrected chi connectivity index (χ1v) is 6.16. The monoisotopic (exact) mass is 287 g/mol. The molecule has 0 aromatic heterocycles. The summed E-state index contributed by atoms with van der Waals surface area (Å²) in [6.45, 7) is 3.45. The fraction of sp³-hybridized carbons (Fsp3) is 0.133. The number of rotatable bonds is 4. The Kier molecular flexibility index (Phi) is 3.89. The molecule has 2 aromatic rings. The molecule has 0 aliphatic carbocycles. The van der Waals surface area contributed by atoms with Crippen molar-refractivity contribution in [2.24, 2.45) is 0 Å². The Morgan fingerprint density at radius 1 is 1.24 bits per heavy atom. The number of hydrogen-bond acceptors (Lipinski definition) is 4. The number of benzene rings is 2. The highest BCUT2D eigenvalue weighted by atomic mass is 16.6. The second-order valence-corrected chi connectivity index (χ2v) is 4.59. The molecular formula is C15H13NO5. The normalized spacial score (nSPS) is 10.2. The first-order chi connectivity index (χ1) is 9.90. The maximum atomic E-state index is 11.2. The van der Waals surface area contributed by atoms with Crippen molar-refractivity contribution in [3.8, 4) is 11.5 Å². The van der Waals surface area contributed by atoms with Crippen molar-refractivity contribution >= 4 is 11.7 Å². The van der Waals surface area contributed by atoms with Crippen molar-refractivity contribution in [1.29, 1.82) is 0 Å². The molecule has 6 heteroatoms. The Balaban J connectivity index is 2.55. The van der Waals surface area contributed by atoms with Gasteiger partial charge in [0.1, 0.15) is 11.3 Å². The molecule has 2 rings (SSSR count). The summed E-state index contributed by atoms with van der Waals surface area (Å²) >= 11 is 0. The zero-order valence-electron chi connectivity index (χ0n) is 11.5. The van der Waals surface area contributed by atoms with E-state index in [2.05, 4.69) is 0 Å². The van der Waals surface area contributed by atoms with Gasteiger partial charge in [0.25, 0.3) is 0 Å². The van der Waals surface area contributed by atoms with Crippen LogP contribution in [0, 0.1) is 24.0 Å². The average Bonchev–Trinajstić information content (AvgIpc) is 2.40. The number of aryl methyl sites for hydroxylation is 2. The molecular weight excluding hydrogens is 274 g/mol. The third-order valence-electron chi connectivity index (χ3n) is 2.97. The molecule has 21 heavy (non-hydrogen) atoms. The number of nitrogens with zero attached hydrogens (tertiary/aromatic N) is 1. The molecule has 0 bridgehead atoms. The van der Waals surface area contributed by atoms with E-state index in [0.29, 0.717) is 5.56 Å². The number of carboxylic acids is 1. The Morgan fingerprint density at radius 2 is 1.95 bits per heavy atom. The summed E-state index contributed by atoms with van der Waals surface area (Å²) in [6.07, 6.45) is 0. The first kappa shape index (κ1) is 14.5. The molecule has 0 spiro atoms. The van der Waals surface area contributed by atoms with Gasteiger partial charge in [-0.2, -0.15) is 0 Å². The van der Waals surface area contributed by atoms with Crippen molar-refractivity contribution in [2.75, 3.05) is 0 Å². The number of aromatic carboxylic acids is 1. The fourth-order valence-electron chi connectivity index (χ4n) is 1.92. The quantitative estimate of drug-likeness (QED) is 0.684. The zero-order chi connectivity index (χ0) is 15.6. The molecule has 0 unspecified atom stereocenters. The summed E-state index contributed by atoms with van der Waals surface area (Å²) in [5.74, 6) is -1.01. The van der Waals surface area contributed by atoms with Gasteiger partial charge in [0, 0.05) is 6.07 Å². The van der Waals surface area contributed by atoms with Crippen molar-refractivity contribution < 1.29 is 19.6 Å². The Labute approximate surface area is 120 Å². The van der Waals surface area contributed by atoms with Crippen LogP contribution in [-0.2, 0) is 0 Å². The van der Waals surface area contributed by atoms with Crippen LogP contribution in [0.4, 0.5) is 5.69 Å². The highest BCUT2D eigenvalue weighted by Gasteiger charge is 2.20. The average molecular weight is 287 g/mol. The van der Waals surface area contributed by atoms with Crippen LogP contribution in [0.5, 0.6) is 11.5 Å². The number of nitro benzene ring substituents is 1. The topological polar surface area (TPSA) is 89.7 Å². The van der Waals surface area contributed by atoms with E-state index in [1.807, 2.05) is 0 Å². The minimum Gasteiger partial charge on any atom is -0.478 e. The predicted molar refractivity (Wildman–Crippen MR) is 76.0 cm³/mol. The lowest BCUT2D eigenvalue weighted by Crippen LogP contribution is -2.02. The minimum atomic E-state index is -1.15. The van der Waals surface area contributed by atoms with E-state index in [1.54, 1.807) is 32.0 Å². The van der Waals surface area contributed by atoms with E-state index in [9.17, 15) is 20.0 Å². The molecule has 0 saturated heterocycles. The van der Waals surface area contributed by atoms with Crippen LogP contribution in [0.1, 0.15) is 21.5 Å². The molecule has 0 saturated carbocycles. The van der Waals surface area contributed by atoms with Crippen molar-refractivity contribution in [1.82, 2.24) is 0 Å². The number of ether oxygens (including phenoxy) is 1. The highest BCUT2D eigenvalue weighted by Crippen LogP contribution is 2.35. The summed E-state index contributed by atoms with van der Waals surface area (Å²) < 4.78 is 5.55. The fourth-order valence-corrected chi connectivity index (χ4v) is 1.92. The molecule has 108 valence electrons. The Morgan fingerprint density at radius 3 is 2.57 bits per heavy atom. The summed E-state index contributed by atoms with van der Waals surface area (Å²) in [5.41, 5.74) is 1.12. The number of carbonyl (C=O) groups is 1. The minimum absolute atomic E-state index is 0.0248. The van der Waals surface area contributed by atoms with Gasteiger partial charge in [-0.25, -0.2) is 4.79 Å². The number of nitro groups is 1. The highest BCUT2D eigenvalue weighted by molar-refractivity contribution is 5.91. The standard InChI is InChI=1S/C15H13NO5/c1-9-6-7-12(16(19)20)13(8-9)21-14-10(2)4-3-5-11(14)15(17)18/h3-8H,1-2H3,(H,17,18). The summed E-state index contributed by atoms with van der Waals surface area (Å²) in [4.78, 5) is 21.7. The number of para-hydroxylation sites is 1. The molecule has 0 radical (unpaired) electrons. The van der Waals surface area contributed by atoms with Crippen LogP contribution in [0.2, 0.25) is 0 Å². The molecule has 0 fully saturated rings. The summed E-state index contributed by atoms with van der Waals surface area (Å²) in [5, 5.41) is 20.2. The van der Waals surface area contributed by atoms with Gasteiger partial charge in [-0.1, -0.05) is 18.2 Å². The van der Waals surface area contributed by atoms with Gasteiger partial charge in [-0.3, -0.25) is 10.1 Å². The second kappa shape index (κ2) is 5.62. The second-order valence-electron chi connectivity index (χ2n) is 4.59. The number of carboxylic acid groups (broad SMARTS) is 1. The van der Waals surface area contributed by atoms with E-state index >= 15 is 0 Å². The van der Waals surface area contributed by atoms with Crippen molar-refractivity contribution in [3.05, 3.63) is 63.2 Å². The van der Waals surface area contributed by atoms with Crippen LogP contribution in [-0.4, -0.2) is 16.0 Å². The SMILES string of the molecule is Cc1ccc([N+](=O)[O-])c(Oc2c(C)cccc2C(=O)O)c1. The van der Waals surface area contributed by atoms with E-state index in [-0.39, 0.29) is 22.7 Å². The largest absolute Gasteiger partial charge is 0.478 e. The Hall–Kier alpha value is -2.89. The summed E-state index contributed by atoms with van der Waals surface area (Å²) in [7, 11) is 0. The molecule has 2 aromatic carbocycles. The van der Waals surface area contributed by atoms with E-state index in [0.717, 1.165) is 5.56 Å². The molecule has 0 amide bonds. The van der Waals surface area contributed by atoms with Gasteiger partial charge in [0.2, 0.25) is 5.75 Å². The van der Waals surface area contributed by atoms with Crippen LogP contribution in [0.3, 0.4) is 0 Å². The van der Waals surface area contributed by atoms with Gasteiger partial charge in [-0.15, -0.1) is 0 Å². The molecule has 0 heterocycles. The maximum absolute atomic E-state index is 11.2. The predicted octanol–water partition coefficient (Wildman–Crippen LogP) is 3.70. The van der Waals surface area contributed by atoms with E-state index in [4.69, 9.17) is 4.74 Å². The smallest absolute Gasteiger partial charge is 0.339 e. The van der Waals surface area contributed by atoms with Crippen LogP contribution >= 0.6 is 0 Å². The van der Waals surface area contributed by atoms with Crippen molar-refractivity contribution in [2.45, 2.75) is 13.8 Å². The molecule has 1 N–H and O–H groups in total. The number of hydrogen-bond donors (Lipinski definition) is 1.